The van der Waals surface area contributed by atoms with Gasteiger partial charge in [0, 0.05) is 35.7 Å². The van der Waals surface area contributed by atoms with Crippen molar-refractivity contribution in [3.05, 3.63) is 52.8 Å². The number of halogens is 1. The van der Waals surface area contributed by atoms with Gasteiger partial charge < -0.3 is 15.5 Å². The minimum atomic E-state index is -0.258. The average molecular weight is 333 g/mol. The number of rotatable bonds is 6. The Morgan fingerprint density at radius 2 is 2.04 bits per heavy atom. The molecule has 2 rings (SSSR count). The monoisotopic (exact) mass is 332 g/mol. The van der Waals surface area contributed by atoms with E-state index in [1.54, 1.807) is 24.4 Å². The molecule has 2 aromatic rings. The number of pyridine rings is 1. The van der Waals surface area contributed by atoms with Crippen LogP contribution in [0.4, 0.5) is 11.4 Å². The van der Waals surface area contributed by atoms with Crippen molar-refractivity contribution in [2.24, 2.45) is 0 Å². The van der Waals surface area contributed by atoms with Crippen molar-refractivity contribution in [1.82, 2.24) is 9.88 Å². The first-order valence-electron chi connectivity index (χ1n) is 7.38. The van der Waals surface area contributed by atoms with Gasteiger partial charge in [0.2, 0.25) is 0 Å². The Bertz CT molecular complexity index is 688. The molecule has 1 amide bonds. The van der Waals surface area contributed by atoms with E-state index in [4.69, 9.17) is 11.6 Å². The Kier molecular flexibility index (Phi) is 5.96. The molecular formula is C17H21ClN4O. The molecule has 0 atom stereocenters. The number of hydrogen-bond donors (Lipinski definition) is 2. The van der Waals surface area contributed by atoms with E-state index in [0.29, 0.717) is 16.4 Å². The molecule has 1 aromatic heterocycles. The van der Waals surface area contributed by atoms with Crippen LogP contribution in [-0.4, -0.2) is 43.0 Å². The number of nitrogens with one attached hydrogen (secondary N) is 2. The second-order valence-electron chi connectivity index (χ2n) is 5.57. The van der Waals surface area contributed by atoms with Crippen molar-refractivity contribution in [1.29, 1.82) is 0 Å². The number of likely N-dealkylation sites (N-methyl/N-ethyl adjacent to an activating group) is 1. The minimum Gasteiger partial charge on any atom is -0.384 e. The Morgan fingerprint density at radius 3 is 2.78 bits per heavy atom. The molecule has 0 aliphatic rings. The van der Waals surface area contributed by atoms with Gasteiger partial charge in [0.1, 0.15) is 5.69 Å². The third-order valence-corrected chi connectivity index (χ3v) is 3.56. The third-order valence-electron chi connectivity index (χ3n) is 3.33. The number of anilines is 2. The van der Waals surface area contributed by atoms with Crippen molar-refractivity contribution in [2.45, 2.75) is 6.92 Å². The number of carbonyl (C=O) groups is 1. The lowest BCUT2D eigenvalue weighted by Gasteiger charge is -2.12. The number of nitrogens with zero attached hydrogens (tertiary/aromatic N) is 2. The molecule has 6 heteroatoms. The van der Waals surface area contributed by atoms with Crippen LogP contribution in [0.3, 0.4) is 0 Å². The molecule has 23 heavy (non-hydrogen) atoms. The van der Waals surface area contributed by atoms with Crippen LogP contribution in [0.25, 0.3) is 0 Å². The second kappa shape index (κ2) is 7.94. The van der Waals surface area contributed by atoms with Crippen LogP contribution < -0.4 is 10.6 Å². The van der Waals surface area contributed by atoms with Crippen LogP contribution in [0, 0.1) is 6.92 Å². The molecule has 1 heterocycles. The molecule has 0 radical (unpaired) electrons. The molecule has 0 saturated carbocycles. The number of hydrogen-bond acceptors (Lipinski definition) is 4. The quantitative estimate of drug-likeness (QED) is 0.852. The summed E-state index contributed by atoms with van der Waals surface area (Å²) >= 11 is 5.97. The number of carbonyl (C=O) groups excluding carboxylic acids is 1. The summed E-state index contributed by atoms with van der Waals surface area (Å²) < 4.78 is 0. The molecule has 2 N–H and O–H groups in total. The summed E-state index contributed by atoms with van der Waals surface area (Å²) in [6.07, 6.45) is 1.62. The van der Waals surface area contributed by atoms with Crippen molar-refractivity contribution in [3.8, 4) is 0 Å². The van der Waals surface area contributed by atoms with Crippen LogP contribution in [0.5, 0.6) is 0 Å². The minimum absolute atomic E-state index is 0.258. The highest BCUT2D eigenvalue weighted by Crippen LogP contribution is 2.21. The molecule has 0 unspecified atom stereocenters. The van der Waals surface area contributed by atoms with Gasteiger partial charge in [0.05, 0.1) is 0 Å². The van der Waals surface area contributed by atoms with Crippen molar-refractivity contribution >= 4 is 28.9 Å². The average Bonchev–Trinajstić information content (AvgIpc) is 2.51. The molecule has 0 saturated heterocycles. The number of benzene rings is 1. The predicted octanol–water partition coefficient (Wildman–Crippen LogP) is 3.27. The first kappa shape index (κ1) is 17.2. The van der Waals surface area contributed by atoms with E-state index < -0.39 is 0 Å². The highest BCUT2D eigenvalue weighted by molar-refractivity contribution is 6.31. The fourth-order valence-corrected chi connectivity index (χ4v) is 2.18. The Morgan fingerprint density at radius 1 is 1.26 bits per heavy atom. The van der Waals surface area contributed by atoms with Gasteiger partial charge in [-0.05, 0) is 50.8 Å². The maximum Gasteiger partial charge on any atom is 0.274 e. The second-order valence-corrected chi connectivity index (χ2v) is 6.01. The van der Waals surface area contributed by atoms with E-state index >= 15 is 0 Å². The summed E-state index contributed by atoms with van der Waals surface area (Å²) in [5, 5.41) is 6.70. The first-order chi connectivity index (χ1) is 11.0. The lowest BCUT2D eigenvalue weighted by atomic mass is 10.2. The lowest BCUT2D eigenvalue weighted by Crippen LogP contribution is -2.21. The van der Waals surface area contributed by atoms with Crippen molar-refractivity contribution < 1.29 is 4.79 Å². The molecule has 0 aliphatic heterocycles. The summed E-state index contributed by atoms with van der Waals surface area (Å²) in [6, 6.07) is 8.97. The standard InChI is InChI=1S/C17H21ClN4O/c1-12-4-5-13(18)10-15(12)21-17(23)16-11-14(6-7-20-16)19-8-9-22(2)3/h4-7,10-11H,8-9H2,1-3H3,(H,19,20)(H,21,23). The number of aryl methyl sites for hydroxylation is 1. The molecule has 122 valence electrons. The Labute approximate surface area is 141 Å². The van der Waals surface area contributed by atoms with Crippen LogP contribution in [-0.2, 0) is 0 Å². The van der Waals surface area contributed by atoms with Gasteiger partial charge in [0.25, 0.3) is 5.91 Å². The molecule has 0 spiro atoms. The number of aromatic nitrogens is 1. The fourth-order valence-electron chi connectivity index (χ4n) is 2.00. The smallest absolute Gasteiger partial charge is 0.274 e. The highest BCUT2D eigenvalue weighted by atomic mass is 35.5. The molecule has 5 nitrogen and oxygen atoms in total. The van der Waals surface area contributed by atoms with Gasteiger partial charge in [-0.2, -0.15) is 0 Å². The summed E-state index contributed by atoms with van der Waals surface area (Å²) in [7, 11) is 4.03. The van der Waals surface area contributed by atoms with Crippen LogP contribution in [0.1, 0.15) is 16.1 Å². The van der Waals surface area contributed by atoms with Gasteiger partial charge >= 0.3 is 0 Å². The van der Waals surface area contributed by atoms with Gasteiger partial charge in [-0.3, -0.25) is 9.78 Å². The van der Waals surface area contributed by atoms with Gasteiger partial charge in [-0.1, -0.05) is 17.7 Å². The zero-order valence-corrected chi connectivity index (χ0v) is 14.3. The van der Waals surface area contributed by atoms with Gasteiger partial charge in [0.15, 0.2) is 0 Å². The van der Waals surface area contributed by atoms with E-state index in [2.05, 4.69) is 20.5 Å². The molecule has 0 aliphatic carbocycles. The largest absolute Gasteiger partial charge is 0.384 e. The van der Waals surface area contributed by atoms with E-state index in [-0.39, 0.29) is 5.91 Å². The summed E-state index contributed by atoms with van der Waals surface area (Å²) in [6.45, 7) is 3.62. The van der Waals surface area contributed by atoms with Crippen molar-refractivity contribution in [2.75, 3.05) is 37.8 Å². The molecule has 1 aromatic carbocycles. The van der Waals surface area contributed by atoms with Crippen LogP contribution in [0.15, 0.2) is 36.5 Å². The SMILES string of the molecule is Cc1ccc(Cl)cc1NC(=O)c1cc(NCCN(C)C)ccn1. The number of amides is 1. The zero-order valence-electron chi connectivity index (χ0n) is 13.6. The van der Waals surface area contributed by atoms with E-state index in [1.165, 1.54) is 0 Å². The summed E-state index contributed by atoms with van der Waals surface area (Å²) in [5.74, 6) is -0.258. The third kappa shape index (κ3) is 5.23. The lowest BCUT2D eigenvalue weighted by molar-refractivity contribution is 0.102. The van der Waals surface area contributed by atoms with E-state index in [0.717, 1.165) is 24.3 Å². The fraction of sp³-hybridized carbons (Fsp3) is 0.294. The summed E-state index contributed by atoms with van der Waals surface area (Å²) in [5.41, 5.74) is 2.87. The van der Waals surface area contributed by atoms with Crippen LogP contribution in [0.2, 0.25) is 5.02 Å². The molecular weight excluding hydrogens is 312 g/mol. The Hall–Kier alpha value is -2.11. The van der Waals surface area contributed by atoms with Gasteiger partial charge in [-0.25, -0.2) is 0 Å². The zero-order chi connectivity index (χ0) is 16.8. The van der Waals surface area contributed by atoms with Gasteiger partial charge in [-0.15, -0.1) is 0 Å². The highest BCUT2D eigenvalue weighted by Gasteiger charge is 2.10. The summed E-state index contributed by atoms with van der Waals surface area (Å²) in [4.78, 5) is 18.6. The van der Waals surface area contributed by atoms with Crippen molar-refractivity contribution in [3.63, 3.8) is 0 Å². The van der Waals surface area contributed by atoms with E-state index in [1.807, 2.05) is 33.2 Å². The maximum atomic E-state index is 12.4. The Balaban J connectivity index is 2.06. The van der Waals surface area contributed by atoms with Crippen LogP contribution >= 0.6 is 11.6 Å². The normalized spacial score (nSPS) is 10.7. The first-order valence-corrected chi connectivity index (χ1v) is 7.75. The molecule has 0 bridgehead atoms. The molecule has 0 fully saturated rings. The predicted molar refractivity (Wildman–Crippen MR) is 95.4 cm³/mol. The maximum absolute atomic E-state index is 12.4. The topological polar surface area (TPSA) is 57.3 Å². The van der Waals surface area contributed by atoms with E-state index in [9.17, 15) is 4.79 Å².